The third-order valence-corrected chi connectivity index (χ3v) is 5.44. The molecule has 5 rings (SSSR count). The summed E-state index contributed by atoms with van der Waals surface area (Å²) < 4.78 is 12.2. The highest BCUT2D eigenvalue weighted by molar-refractivity contribution is 5.84. The number of rotatable bonds is 1. The zero-order valence-corrected chi connectivity index (χ0v) is 14.8. The molecule has 0 bridgehead atoms. The predicted octanol–water partition coefficient (Wildman–Crippen LogP) is 2.65. The van der Waals surface area contributed by atoms with E-state index in [4.69, 9.17) is 9.15 Å². The van der Waals surface area contributed by atoms with Gasteiger partial charge in [0.2, 0.25) is 0 Å². The number of aromatic nitrogens is 1. The SMILES string of the molecule is Cc1cc2c(c(=O)o1)[C@H](c1cc3cccc4c3n(c1=O)CCC4)CC(=O)O2. The zero-order valence-electron chi connectivity index (χ0n) is 14.8. The lowest BCUT2D eigenvalue weighted by atomic mass is 9.86. The summed E-state index contributed by atoms with van der Waals surface area (Å²) in [5.74, 6) is -0.562. The van der Waals surface area contributed by atoms with Crippen LogP contribution in [0.1, 0.15) is 41.2 Å². The molecule has 0 radical (unpaired) electrons. The molecule has 0 amide bonds. The second-order valence-corrected chi connectivity index (χ2v) is 7.17. The molecule has 3 aromatic rings. The van der Waals surface area contributed by atoms with Crippen molar-refractivity contribution in [2.45, 2.75) is 38.6 Å². The molecule has 0 saturated heterocycles. The van der Waals surface area contributed by atoms with Crippen molar-refractivity contribution in [3.05, 3.63) is 73.6 Å². The number of benzene rings is 1. The lowest BCUT2D eigenvalue weighted by molar-refractivity contribution is -0.135. The normalized spacial score (nSPS) is 18.3. The van der Waals surface area contributed by atoms with E-state index in [1.54, 1.807) is 11.5 Å². The summed E-state index contributed by atoms with van der Waals surface area (Å²) in [6.45, 7) is 2.25. The van der Waals surface area contributed by atoms with Crippen molar-refractivity contribution in [2.24, 2.45) is 0 Å². The first-order valence-electron chi connectivity index (χ1n) is 9.03. The Balaban J connectivity index is 1.81. The monoisotopic (exact) mass is 363 g/mol. The highest BCUT2D eigenvalue weighted by Gasteiger charge is 2.34. The van der Waals surface area contributed by atoms with Gasteiger partial charge in [-0.2, -0.15) is 0 Å². The van der Waals surface area contributed by atoms with Crippen LogP contribution < -0.4 is 15.9 Å². The number of para-hydroxylation sites is 1. The van der Waals surface area contributed by atoms with Gasteiger partial charge in [0, 0.05) is 24.1 Å². The summed E-state index contributed by atoms with van der Waals surface area (Å²) in [6, 6.07) is 9.32. The molecule has 6 heteroatoms. The number of ether oxygens (including phenoxy) is 1. The quantitative estimate of drug-likeness (QED) is 0.621. The van der Waals surface area contributed by atoms with Crippen LogP contribution in [0.15, 0.2) is 44.3 Å². The molecule has 2 aliphatic rings. The van der Waals surface area contributed by atoms with Gasteiger partial charge < -0.3 is 13.7 Å². The van der Waals surface area contributed by atoms with Crippen molar-refractivity contribution >= 4 is 16.9 Å². The fraction of sp³-hybridized carbons (Fsp3) is 0.286. The van der Waals surface area contributed by atoms with Crippen LogP contribution in [0.2, 0.25) is 0 Å². The Hall–Kier alpha value is -3.15. The molecule has 136 valence electrons. The summed E-state index contributed by atoms with van der Waals surface area (Å²) in [5, 5.41) is 0.943. The second kappa shape index (κ2) is 5.67. The third kappa shape index (κ3) is 2.36. The standard InChI is InChI=1S/C21H17NO5/c1-11-8-16-18(21(25)26-11)14(10-17(23)27-16)15-9-13-5-2-4-12-6-3-7-22(19(12)13)20(15)24/h2,4-5,8-9,14H,3,6-7,10H2,1H3/t14-/m0/s1. The van der Waals surface area contributed by atoms with E-state index in [9.17, 15) is 14.4 Å². The van der Waals surface area contributed by atoms with Gasteiger partial charge in [0.25, 0.3) is 5.56 Å². The Morgan fingerprint density at radius 1 is 1.15 bits per heavy atom. The van der Waals surface area contributed by atoms with E-state index in [0.717, 1.165) is 29.3 Å². The first-order chi connectivity index (χ1) is 13.0. The number of hydrogen-bond acceptors (Lipinski definition) is 5. The summed E-state index contributed by atoms with van der Waals surface area (Å²) >= 11 is 0. The third-order valence-electron chi connectivity index (χ3n) is 5.44. The van der Waals surface area contributed by atoms with E-state index < -0.39 is 17.5 Å². The number of pyridine rings is 1. The van der Waals surface area contributed by atoms with Gasteiger partial charge in [-0.1, -0.05) is 18.2 Å². The summed E-state index contributed by atoms with van der Waals surface area (Å²) in [6.07, 6.45) is 1.78. The first kappa shape index (κ1) is 16.1. The molecule has 0 aliphatic carbocycles. The van der Waals surface area contributed by atoms with Crippen molar-refractivity contribution in [1.29, 1.82) is 0 Å². The molecule has 0 fully saturated rings. The Morgan fingerprint density at radius 3 is 2.85 bits per heavy atom. The topological polar surface area (TPSA) is 78.5 Å². The number of hydrogen-bond donors (Lipinski definition) is 0. The molecule has 1 atom stereocenters. The van der Waals surface area contributed by atoms with Crippen LogP contribution >= 0.6 is 0 Å². The van der Waals surface area contributed by atoms with Crippen LogP contribution in [-0.4, -0.2) is 10.5 Å². The van der Waals surface area contributed by atoms with E-state index in [-0.39, 0.29) is 23.3 Å². The highest BCUT2D eigenvalue weighted by atomic mass is 16.5. The van der Waals surface area contributed by atoms with E-state index in [0.29, 0.717) is 17.9 Å². The minimum absolute atomic E-state index is 0.0543. The number of carbonyl (C=O) groups excluding carboxylic acids is 1. The van der Waals surface area contributed by atoms with E-state index in [1.807, 2.05) is 24.3 Å². The van der Waals surface area contributed by atoms with Crippen LogP contribution in [-0.2, 0) is 17.8 Å². The van der Waals surface area contributed by atoms with Crippen molar-refractivity contribution in [2.75, 3.05) is 0 Å². The maximum Gasteiger partial charge on any atom is 0.343 e. The van der Waals surface area contributed by atoms with Gasteiger partial charge in [-0.25, -0.2) is 4.79 Å². The number of aryl methyl sites for hydroxylation is 3. The van der Waals surface area contributed by atoms with Crippen molar-refractivity contribution in [3.63, 3.8) is 0 Å². The largest absolute Gasteiger partial charge is 0.428 e. The van der Waals surface area contributed by atoms with Crippen LogP contribution in [0.5, 0.6) is 5.75 Å². The van der Waals surface area contributed by atoms with Crippen LogP contribution in [0, 0.1) is 6.92 Å². The molecule has 2 aliphatic heterocycles. The molecular weight excluding hydrogens is 346 g/mol. The van der Waals surface area contributed by atoms with Crippen LogP contribution in [0.3, 0.4) is 0 Å². The van der Waals surface area contributed by atoms with Crippen LogP contribution in [0.4, 0.5) is 0 Å². The lowest BCUT2D eigenvalue weighted by Crippen LogP contribution is -2.33. The fourth-order valence-corrected chi connectivity index (χ4v) is 4.33. The maximum absolute atomic E-state index is 13.3. The molecule has 0 unspecified atom stereocenters. The average molecular weight is 363 g/mol. The minimum atomic E-state index is -0.663. The van der Waals surface area contributed by atoms with Crippen molar-refractivity contribution < 1.29 is 13.9 Å². The Bertz CT molecular complexity index is 1230. The molecule has 1 aromatic carbocycles. The summed E-state index contributed by atoms with van der Waals surface area (Å²) in [5.41, 5.74) is 2.08. The fourth-order valence-electron chi connectivity index (χ4n) is 4.33. The summed E-state index contributed by atoms with van der Waals surface area (Å²) in [4.78, 5) is 37.9. The number of carbonyl (C=O) groups is 1. The lowest BCUT2D eigenvalue weighted by Gasteiger charge is -2.26. The highest BCUT2D eigenvalue weighted by Crippen LogP contribution is 2.37. The molecule has 4 heterocycles. The smallest absolute Gasteiger partial charge is 0.343 e. The van der Waals surface area contributed by atoms with E-state index in [2.05, 4.69) is 0 Å². The molecule has 27 heavy (non-hydrogen) atoms. The number of esters is 1. The molecule has 0 spiro atoms. The molecule has 0 saturated carbocycles. The molecule has 2 aromatic heterocycles. The molecule has 6 nitrogen and oxygen atoms in total. The Kier molecular flexibility index (Phi) is 3.37. The number of fused-ring (bicyclic) bond motifs is 1. The number of nitrogens with zero attached hydrogens (tertiary/aromatic N) is 1. The predicted molar refractivity (Wildman–Crippen MR) is 98.3 cm³/mol. The van der Waals surface area contributed by atoms with Gasteiger partial charge in [-0.15, -0.1) is 0 Å². The van der Waals surface area contributed by atoms with Gasteiger partial charge in [0.05, 0.1) is 17.5 Å². The van der Waals surface area contributed by atoms with Crippen molar-refractivity contribution in [1.82, 2.24) is 4.57 Å². The van der Waals surface area contributed by atoms with E-state index >= 15 is 0 Å². The van der Waals surface area contributed by atoms with E-state index in [1.165, 1.54) is 6.07 Å². The molecule has 0 N–H and O–H groups in total. The minimum Gasteiger partial charge on any atom is -0.428 e. The van der Waals surface area contributed by atoms with Gasteiger partial charge in [-0.05, 0) is 36.8 Å². The van der Waals surface area contributed by atoms with Gasteiger partial charge in [-0.3, -0.25) is 9.59 Å². The average Bonchev–Trinajstić information content (AvgIpc) is 2.63. The van der Waals surface area contributed by atoms with Crippen molar-refractivity contribution in [3.8, 4) is 5.75 Å². The second-order valence-electron chi connectivity index (χ2n) is 7.17. The van der Waals surface area contributed by atoms with Gasteiger partial charge >= 0.3 is 11.6 Å². The Labute approximate surface area is 154 Å². The van der Waals surface area contributed by atoms with Crippen LogP contribution in [0.25, 0.3) is 10.9 Å². The first-order valence-corrected chi connectivity index (χ1v) is 9.03. The molecular formula is C21H17NO5. The zero-order chi connectivity index (χ0) is 18.7. The Morgan fingerprint density at radius 2 is 2.00 bits per heavy atom. The van der Waals surface area contributed by atoms with Gasteiger partial charge in [0.1, 0.15) is 11.5 Å². The maximum atomic E-state index is 13.3. The van der Waals surface area contributed by atoms with Gasteiger partial charge in [0.15, 0.2) is 0 Å². The summed E-state index contributed by atoms with van der Waals surface area (Å²) in [7, 11) is 0.